The van der Waals surface area contributed by atoms with Gasteiger partial charge in [0.1, 0.15) is 0 Å². The molecule has 112 valence electrons. The van der Waals surface area contributed by atoms with Gasteiger partial charge in [-0.3, -0.25) is 14.4 Å². The lowest BCUT2D eigenvalue weighted by Gasteiger charge is -2.24. The topological polar surface area (TPSA) is 63.7 Å². The highest BCUT2D eigenvalue weighted by molar-refractivity contribution is 6.23. The minimum absolute atomic E-state index is 0.0989. The zero-order valence-electron chi connectivity index (χ0n) is 12.3. The summed E-state index contributed by atoms with van der Waals surface area (Å²) in [6.45, 7) is 3.30. The number of fused-ring (bicyclic) bond motifs is 5. The Morgan fingerprint density at radius 2 is 2.05 bits per heavy atom. The van der Waals surface area contributed by atoms with Crippen LogP contribution in [0.5, 0.6) is 0 Å². The Hall–Kier alpha value is -2.27. The van der Waals surface area contributed by atoms with Crippen LogP contribution in [-0.4, -0.2) is 29.3 Å². The molecule has 3 heterocycles. The molecule has 2 fully saturated rings. The smallest absolute Gasteiger partial charge is 0.241 e. The number of carbonyl (C=O) groups is 3. The largest absolute Gasteiger partial charge is 0.362 e. The van der Waals surface area contributed by atoms with E-state index in [-0.39, 0.29) is 23.7 Å². The molecule has 1 aromatic rings. The molecule has 0 unspecified atom stereocenters. The standard InChI is InChI=1S/C17H15NO4/c1-9(19)10-4-3-5-11(8-10)18-15(20)13-12-6-7-17(2,22-12)14(13)16(18)21/h3-8,12-14H,1-2H3/t12-,13-,14+,17+/m0/s1. The van der Waals surface area contributed by atoms with Crippen molar-refractivity contribution in [3.8, 4) is 0 Å². The molecule has 0 aromatic heterocycles. The summed E-state index contributed by atoms with van der Waals surface area (Å²) in [4.78, 5) is 38.2. The summed E-state index contributed by atoms with van der Waals surface area (Å²) in [7, 11) is 0. The number of anilines is 1. The van der Waals surface area contributed by atoms with E-state index in [1.807, 2.05) is 19.1 Å². The molecule has 0 saturated carbocycles. The quantitative estimate of drug-likeness (QED) is 0.474. The van der Waals surface area contributed by atoms with Crippen molar-refractivity contribution in [3.63, 3.8) is 0 Å². The highest BCUT2D eigenvalue weighted by Gasteiger charge is 2.66. The molecule has 2 saturated heterocycles. The fourth-order valence-electron chi connectivity index (χ4n) is 3.77. The second kappa shape index (κ2) is 4.14. The monoisotopic (exact) mass is 297 g/mol. The summed E-state index contributed by atoms with van der Waals surface area (Å²) in [6.07, 6.45) is 3.41. The third-order valence-electron chi connectivity index (χ3n) is 4.84. The molecule has 2 bridgehead atoms. The third kappa shape index (κ3) is 1.54. The van der Waals surface area contributed by atoms with Crippen LogP contribution >= 0.6 is 0 Å². The van der Waals surface area contributed by atoms with Crippen LogP contribution in [0.4, 0.5) is 5.69 Å². The maximum absolute atomic E-state index is 12.8. The number of amides is 2. The molecule has 4 rings (SSSR count). The van der Waals surface area contributed by atoms with E-state index in [4.69, 9.17) is 4.74 Å². The second-order valence-corrected chi connectivity index (χ2v) is 6.25. The van der Waals surface area contributed by atoms with Gasteiger partial charge >= 0.3 is 0 Å². The Morgan fingerprint density at radius 3 is 2.73 bits per heavy atom. The molecular weight excluding hydrogens is 282 g/mol. The van der Waals surface area contributed by atoms with Gasteiger partial charge in [0.05, 0.1) is 29.2 Å². The molecule has 4 atom stereocenters. The van der Waals surface area contributed by atoms with E-state index < -0.39 is 17.4 Å². The van der Waals surface area contributed by atoms with Crippen LogP contribution in [-0.2, 0) is 14.3 Å². The maximum Gasteiger partial charge on any atom is 0.241 e. The summed E-state index contributed by atoms with van der Waals surface area (Å²) < 4.78 is 5.78. The second-order valence-electron chi connectivity index (χ2n) is 6.25. The molecule has 0 spiro atoms. The van der Waals surface area contributed by atoms with Gasteiger partial charge in [-0.25, -0.2) is 4.90 Å². The van der Waals surface area contributed by atoms with Crippen LogP contribution in [0.25, 0.3) is 0 Å². The van der Waals surface area contributed by atoms with Crippen LogP contribution in [0.15, 0.2) is 36.4 Å². The molecule has 3 aliphatic rings. The zero-order chi connectivity index (χ0) is 15.6. The van der Waals surface area contributed by atoms with Crippen molar-refractivity contribution in [2.45, 2.75) is 25.6 Å². The summed E-state index contributed by atoms with van der Waals surface area (Å²) in [5.74, 6) is -1.52. The fourth-order valence-corrected chi connectivity index (χ4v) is 3.77. The predicted octanol–water partition coefficient (Wildman–Crippen LogP) is 1.72. The first-order valence-electron chi connectivity index (χ1n) is 7.28. The Bertz CT molecular complexity index is 753. The SMILES string of the molecule is CC(=O)c1cccc(N2C(=O)[C@H]3[C@@H]4C=C[C@@](C)(O4)[C@H]3C2=O)c1. The van der Waals surface area contributed by atoms with E-state index in [1.165, 1.54) is 11.8 Å². The van der Waals surface area contributed by atoms with E-state index in [1.54, 1.807) is 24.3 Å². The van der Waals surface area contributed by atoms with Crippen molar-refractivity contribution in [1.82, 2.24) is 0 Å². The van der Waals surface area contributed by atoms with Crippen molar-refractivity contribution in [2.75, 3.05) is 4.90 Å². The normalized spacial score (nSPS) is 35.4. The number of carbonyl (C=O) groups excluding carboxylic acids is 3. The number of imide groups is 1. The van der Waals surface area contributed by atoms with Gasteiger partial charge in [0.2, 0.25) is 11.8 Å². The first kappa shape index (κ1) is 13.4. The van der Waals surface area contributed by atoms with Gasteiger partial charge in [0, 0.05) is 5.56 Å². The van der Waals surface area contributed by atoms with E-state index in [9.17, 15) is 14.4 Å². The zero-order valence-corrected chi connectivity index (χ0v) is 12.3. The number of ether oxygens (including phenoxy) is 1. The summed E-state index contributed by atoms with van der Waals surface area (Å²) in [6, 6.07) is 6.64. The highest BCUT2D eigenvalue weighted by atomic mass is 16.5. The molecule has 0 aliphatic carbocycles. The number of ketones is 1. The Labute approximate surface area is 127 Å². The van der Waals surface area contributed by atoms with Crippen LogP contribution in [0.3, 0.4) is 0 Å². The summed E-state index contributed by atoms with van der Waals surface area (Å²) >= 11 is 0. The Kier molecular flexibility index (Phi) is 2.52. The molecule has 3 aliphatic heterocycles. The lowest BCUT2D eigenvalue weighted by Crippen LogP contribution is -2.38. The molecular formula is C17H15NO4. The summed E-state index contributed by atoms with van der Waals surface area (Å²) in [5.41, 5.74) is 0.244. The van der Waals surface area contributed by atoms with E-state index in [2.05, 4.69) is 0 Å². The average molecular weight is 297 g/mol. The van der Waals surface area contributed by atoms with Gasteiger partial charge in [0.15, 0.2) is 5.78 Å². The number of rotatable bonds is 2. The summed E-state index contributed by atoms with van der Waals surface area (Å²) in [5, 5.41) is 0. The van der Waals surface area contributed by atoms with Gasteiger partial charge in [-0.15, -0.1) is 0 Å². The number of nitrogens with zero attached hydrogens (tertiary/aromatic N) is 1. The fraction of sp³-hybridized carbons (Fsp3) is 0.353. The van der Waals surface area contributed by atoms with Crippen molar-refractivity contribution in [3.05, 3.63) is 42.0 Å². The third-order valence-corrected chi connectivity index (χ3v) is 4.84. The Morgan fingerprint density at radius 1 is 1.27 bits per heavy atom. The van der Waals surface area contributed by atoms with Crippen LogP contribution < -0.4 is 4.90 Å². The minimum Gasteiger partial charge on any atom is -0.362 e. The lowest BCUT2D eigenvalue weighted by atomic mass is 9.78. The van der Waals surface area contributed by atoms with Gasteiger partial charge < -0.3 is 4.74 Å². The number of hydrogen-bond acceptors (Lipinski definition) is 4. The molecule has 1 aromatic carbocycles. The Balaban J connectivity index is 1.77. The van der Waals surface area contributed by atoms with Gasteiger partial charge in [-0.1, -0.05) is 24.3 Å². The molecule has 5 heteroatoms. The number of hydrogen-bond donors (Lipinski definition) is 0. The maximum atomic E-state index is 12.8. The molecule has 22 heavy (non-hydrogen) atoms. The first-order chi connectivity index (χ1) is 10.4. The van der Waals surface area contributed by atoms with E-state index in [0.717, 1.165) is 0 Å². The van der Waals surface area contributed by atoms with Gasteiger partial charge in [-0.05, 0) is 26.0 Å². The molecule has 2 amide bonds. The molecule has 5 nitrogen and oxygen atoms in total. The number of Topliss-reactive ketones (excluding diaryl/α,β-unsaturated/α-hetero) is 1. The lowest BCUT2D eigenvalue weighted by molar-refractivity contribution is -0.126. The molecule has 0 N–H and O–H groups in total. The van der Waals surface area contributed by atoms with Crippen molar-refractivity contribution < 1.29 is 19.1 Å². The van der Waals surface area contributed by atoms with Crippen LogP contribution in [0.2, 0.25) is 0 Å². The van der Waals surface area contributed by atoms with E-state index >= 15 is 0 Å². The van der Waals surface area contributed by atoms with Crippen molar-refractivity contribution in [2.24, 2.45) is 11.8 Å². The van der Waals surface area contributed by atoms with Crippen LogP contribution in [0, 0.1) is 11.8 Å². The van der Waals surface area contributed by atoms with Gasteiger partial charge in [-0.2, -0.15) is 0 Å². The minimum atomic E-state index is -0.699. The molecule has 0 radical (unpaired) electrons. The number of benzene rings is 1. The predicted molar refractivity (Wildman–Crippen MR) is 78.3 cm³/mol. The highest BCUT2D eigenvalue weighted by Crippen LogP contribution is 2.52. The average Bonchev–Trinajstić information content (AvgIpc) is 3.08. The van der Waals surface area contributed by atoms with Gasteiger partial charge in [0.25, 0.3) is 0 Å². The first-order valence-corrected chi connectivity index (χ1v) is 7.28. The van der Waals surface area contributed by atoms with Crippen molar-refractivity contribution in [1.29, 1.82) is 0 Å². The van der Waals surface area contributed by atoms with Crippen molar-refractivity contribution >= 4 is 23.3 Å². The van der Waals surface area contributed by atoms with Crippen LogP contribution in [0.1, 0.15) is 24.2 Å². The van der Waals surface area contributed by atoms with E-state index in [0.29, 0.717) is 11.3 Å².